The second-order valence-corrected chi connectivity index (χ2v) is 4.47. The average Bonchev–Trinajstić information content (AvgIpc) is 2.45. The van der Waals surface area contributed by atoms with Crippen LogP contribution in [-0.2, 0) is 0 Å². The van der Waals surface area contributed by atoms with Crippen LogP contribution in [0.15, 0.2) is 36.5 Å². The molecule has 0 aliphatic carbocycles. The molecule has 0 aliphatic heterocycles. The molecule has 5 heteroatoms. The molecule has 0 aliphatic rings. The minimum atomic E-state index is -0.488. The molecule has 1 unspecified atom stereocenters. The maximum absolute atomic E-state index is 12.1. The molecule has 0 spiro atoms. The predicted octanol–water partition coefficient (Wildman–Crippen LogP) is 3.31. The summed E-state index contributed by atoms with van der Waals surface area (Å²) in [6, 6.07) is 9.51. The van der Waals surface area contributed by atoms with Gasteiger partial charge in [-0.25, -0.2) is 14.4 Å². The minimum Gasteiger partial charge on any atom is -0.491 e. The van der Waals surface area contributed by atoms with Gasteiger partial charge in [-0.3, -0.25) is 0 Å². The SMILES string of the molecule is Cc1nccc(NC(C)c2cccc(OCCF)c2)n1. The zero-order chi connectivity index (χ0) is 14.4. The minimum absolute atomic E-state index is 0.0678. The van der Waals surface area contributed by atoms with Gasteiger partial charge in [0.2, 0.25) is 0 Å². The number of aryl methyl sites for hydroxylation is 1. The van der Waals surface area contributed by atoms with Crippen LogP contribution in [-0.4, -0.2) is 23.2 Å². The first-order valence-electron chi connectivity index (χ1n) is 6.54. The molecule has 0 fully saturated rings. The Labute approximate surface area is 118 Å². The van der Waals surface area contributed by atoms with Gasteiger partial charge < -0.3 is 10.1 Å². The molecule has 1 aromatic carbocycles. The molecule has 0 saturated carbocycles. The Hall–Kier alpha value is -2.17. The van der Waals surface area contributed by atoms with E-state index in [1.54, 1.807) is 6.20 Å². The van der Waals surface area contributed by atoms with E-state index >= 15 is 0 Å². The highest BCUT2D eigenvalue weighted by Crippen LogP contribution is 2.22. The summed E-state index contributed by atoms with van der Waals surface area (Å²) in [6.45, 7) is 3.47. The summed E-state index contributed by atoms with van der Waals surface area (Å²) in [5, 5.41) is 3.30. The second-order valence-electron chi connectivity index (χ2n) is 4.47. The Kier molecular flexibility index (Phi) is 4.87. The van der Waals surface area contributed by atoms with Gasteiger partial charge >= 0.3 is 0 Å². The first kappa shape index (κ1) is 14.2. The van der Waals surface area contributed by atoms with E-state index in [1.165, 1.54) is 0 Å². The third-order valence-corrected chi connectivity index (χ3v) is 2.84. The van der Waals surface area contributed by atoms with E-state index in [0.29, 0.717) is 5.75 Å². The van der Waals surface area contributed by atoms with Crippen LogP contribution in [0.1, 0.15) is 24.4 Å². The molecule has 1 aromatic heterocycles. The molecule has 1 N–H and O–H groups in total. The lowest BCUT2D eigenvalue weighted by Gasteiger charge is -2.16. The summed E-state index contributed by atoms with van der Waals surface area (Å²) in [6.07, 6.45) is 1.72. The van der Waals surface area contributed by atoms with E-state index < -0.39 is 6.67 Å². The van der Waals surface area contributed by atoms with Crippen molar-refractivity contribution in [2.45, 2.75) is 19.9 Å². The number of aromatic nitrogens is 2. The van der Waals surface area contributed by atoms with Gasteiger partial charge in [-0.15, -0.1) is 0 Å². The molecule has 1 heterocycles. The highest BCUT2D eigenvalue weighted by Gasteiger charge is 2.07. The van der Waals surface area contributed by atoms with Crippen molar-refractivity contribution >= 4 is 5.82 Å². The number of halogens is 1. The highest BCUT2D eigenvalue weighted by molar-refractivity contribution is 5.39. The van der Waals surface area contributed by atoms with Crippen LogP contribution < -0.4 is 10.1 Å². The summed E-state index contributed by atoms with van der Waals surface area (Å²) in [5.74, 6) is 2.18. The Bertz CT molecular complexity index is 562. The van der Waals surface area contributed by atoms with E-state index in [2.05, 4.69) is 15.3 Å². The monoisotopic (exact) mass is 275 g/mol. The Morgan fingerprint density at radius 1 is 1.35 bits per heavy atom. The van der Waals surface area contributed by atoms with Gasteiger partial charge in [0.25, 0.3) is 0 Å². The van der Waals surface area contributed by atoms with E-state index in [0.717, 1.165) is 17.2 Å². The van der Waals surface area contributed by atoms with Crippen molar-refractivity contribution in [1.82, 2.24) is 9.97 Å². The molecule has 0 saturated heterocycles. The average molecular weight is 275 g/mol. The molecule has 1 atom stereocenters. The van der Waals surface area contributed by atoms with Crippen molar-refractivity contribution in [3.05, 3.63) is 47.9 Å². The summed E-state index contributed by atoms with van der Waals surface area (Å²) < 4.78 is 17.4. The molecule has 2 aromatic rings. The molecule has 4 nitrogen and oxygen atoms in total. The second kappa shape index (κ2) is 6.84. The van der Waals surface area contributed by atoms with E-state index in [-0.39, 0.29) is 12.6 Å². The third kappa shape index (κ3) is 3.91. The molecule has 2 rings (SSSR count). The lowest BCUT2D eigenvalue weighted by molar-refractivity contribution is 0.273. The van der Waals surface area contributed by atoms with Gasteiger partial charge in [-0.1, -0.05) is 12.1 Å². The number of nitrogens with zero attached hydrogens (tertiary/aromatic N) is 2. The van der Waals surface area contributed by atoms with Crippen molar-refractivity contribution in [3.63, 3.8) is 0 Å². The van der Waals surface area contributed by atoms with Crippen molar-refractivity contribution in [3.8, 4) is 5.75 Å². The first-order chi connectivity index (χ1) is 9.69. The Morgan fingerprint density at radius 2 is 2.20 bits per heavy atom. The molecule has 106 valence electrons. The fourth-order valence-corrected chi connectivity index (χ4v) is 1.87. The van der Waals surface area contributed by atoms with Gasteiger partial charge in [0, 0.05) is 6.20 Å². The summed E-state index contributed by atoms with van der Waals surface area (Å²) >= 11 is 0. The number of ether oxygens (including phenoxy) is 1. The number of anilines is 1. The quantitative estimate of drug-likeness (QED) is 0.878. The van der Waals surface area contributed by atoms with Crippen LogP contribution in [0.25, 0.3) is 0 Å². The lowest BCUT2D eigenvalue weighted by Crippen LogP contribution is -2.09. The summed E-state index contributed by atoms with van der Waals surface area (Å²) in [4.78, 5) is 8.37. The van der Waals surface area contributed by atoms with Crippen molar-refractivity contribution < 1.29 is 9.13 Å². The maximum Gasteiger partial charge on any atom is 0.130 e. The number of rotatable bonds is 6. The highest BCUT2D eigenvalue weighted by atomic mass is 19.1. The summed E-state index contributed by atoms with van der Waals surface area (Å²) in [7, 11) is 0. The van der Waals surface area contributed by atoms with Crippen LogP contribution in [0.5, 0.6) is 5.75 Å². The molecule has 0 amide bonds. The Morgan fingerprint density at radius 3 is 2.95 bits per heavy atom. The van der Waals surface area contributed by atoms with E-state index in [9.17, 15) is 4.39 Å². The molecule has 0 radical (unpaired) electrons. The van der Waals surface area contributed by atoms with Crippen molar-refractivity contribution in [1.29, 1.82) is 0 Å². The first-order valence-corrected chi connectivity index (χ1v) is 6.54. The Balaban J connectivity index is 2.06. The zero-order valence-corrected chi connectivity index (χ0v) is 11.6. The fraction of sp³-hybridized carbons (Fsp3) is 0.333. The number of nitrogens with one attached hydrogen (secondary N) is 1. The topological polar surface area (TPSA) is 47.0 Å². The standard InChI is InChI=1S/C15H18FN3O/c1-11(18-15-6-8-17-12(2)19-15)13-4-3-5-14(10-13)20-9-7-16/h3-6,8,10-11H,7,9H2,1-2H3,(H,17,18,19). The smallest absolute Gasteiger partial charge is 0.130 e. The van der Waals surface area contributed by atoms with Crippen molar-refractivity contribution in [2.75, 3.05) is 18.6 Å². The molecular formula is C15H18FN3O. The number of hydrogen-bond acceptors (Lipinski definition) is 4. The van der Waals surface area contributed by atoms with Crippen LogP contribution >= 0.6 is 0 Å². The normalized spacial score (nSPS) is 11.9. The van der Waals surface area contributed by atoms with E-state index in [4.69, 9.17) is 4.74 Å². The van der Waals surface area contributed by atoms with Gasteiger partial charge in [-0.2, -0.15) is 0 Å². The van der Waals surface area contributed by atoms with Crippen LogP contribution in [0.3, 0.4) is 0 Å². The van der Waals surface area contributed by atoms with Gasteiger partial charge in [-0.05, 0) is 37.6 Å². The largest absolute Gasteiger partial charge is 0.491 e. The molecule has 0 bridgehead atoms. The zero-order valence-electron chi connectivity index (χ0n) is 11.6. The lowest BCUT2D eigenvalue weighted by atomic mass is 10.1. The number of alkyl halides is 1. The number of benzene rings is 1. The van der Waals surface area contributed by atoms with Crippen LogP contribution in [0, 0.1) is 6.92 Å². The van der Waals surface area contributed by atoms with Crippen molar-refractivity contribution in [2.24, 2.45) is 0 Å². The molecule has 20 heavy (non-hydrogen) atoms. The van der Waals surface area contributed by atoms with Crippen LogP contribution in [0.4, 0.5) is 10.2 Å². The third-order valence-electron chi connectivity index (χ3n) is 2.84. The predicted molar refractivity (Wildman–Crippen MR) is 76.7 cm³/mol. The fourth-order valence-electron chi connectivity index (χ4n) is 1.87. The van der Waals surface area contributed by atoms with Gasteiger partial charge in [0.05, 0.1) is 6.04 Å². The maximum atomic E-state index is 12.1. The number of hydrogen-bond donors (Lipinski definition) is 1. The van der Waals surface area contributed by atoms with Gasteiger partial charge in [0.1, 0.15) is 30.7 Å². The van der Waals surface area contributed by atoms with Gasteiger partial charge in [0.15, 0.2) is 0 Å². The summed E-state index contributed by atoms with van der Waals surface area (Å²) in [5.41, 5.74) is 1.05. The van der Waals surface area contributed by atoms with Crippen LogP contribution in [0.2, 0.25) is 0 Å². The van der Waals surface area contributed by atoms with E-state index in [1.807, 2.05) is 44.2 Å². The molecular weight excluding hydrogens is 257 g/mol.